The Morgan fingerprint density at radius 1 is 1.47 bits per heavy atom. The molecule has 0 aromatic carbocycles. The Labute approximate surface area is 105 Å². The van der Waals surface area contributed by atoms with E-state index in [0.29, 0.717) is 11.9 Å². The fraction of sp³-hybridized carbons (Fsp3) is 0.643. The minimum absolute atomic E-state index is 0.0463. The second-order valence-electron chi connectivity index (χ2n) is 5.49. The number of nitrogens with one attached hydrogen (secondary N) is 1. The summed E-state index contributed by atoms with van der Waals surface area (Å²) in [6.45, 7) is 11.9. The van der Waals surface area contributed by atoms with Gasteiger partial charge in [-0.1, -0.05) is 26.8 Å². The summed E-state index contributed by atoms with van der Waals surface area (Å²) in [6, 6.07) is 2.64. The molecule has 3 heteroatoms. The van der Waals surface area contributed by atoms with Gasteiger partial charge in [-0.2, -0.15) is 0 Å². The summed E-state index contributed by atoms with van der Waals surface area (Å²) in [5.74, 6) is 0.657. The van der Waals surface area contributed by atoms with Gasteiger partial charge in [-0.3, -0.25) is 0 Å². The molecule has 1 heterocycles. The summed E-state index contributed by atoms with van der Waals surface area (Å²) in [5.41, 5.74) is 8.36. The molecule has 0 aliphatic heterocycles. The van der Waals surface area contributed by atoms with Gasteiger partial charge in [0.25, 0.3) is 0 Å². The smallest absolute Gasteiger partial charge is 0.127 e. The zero-order valence-corrected chi connectivity index (χ0v) is 11.7. The summed E-state index contributed by atoms with van der Waals surface area (Å²) < 4.78 is 0. The van der Waals surface area contributed by atoms with E-state index in [0.717, 1.165) is 18.5 Å². The number of aromatic nitrogens is 1. The number of rotatable bonds is 5. The van der Waals surface area contributed by atoms with Crippen LogP contribution in [-0.2, 0) is 5.41 Å². The van der Waals surface area contributed by atoms with Crippen LogP contribution in [0, 0.1) is 6.92 Å². The Morgan fingerprint density at radius 3 is 2.71 bits per heavy atom. The summed E-state index contributed by atoms with van der Waals surface area (Å²) >= 11 is 0. The van der Waals surface area contributed by atoms with E-state index in [2.05, 4.69) is 51.0 Å². The van der Waals surface area contributed by atoms with Crippen molar-refractivity contribution >= 4 is 5.82 Å². The molecule has 1 aromatic rings. The van der Waals surface area contributed by atoms with Gasteiger partial charge in [-0.15, -0.1) is 0 Å². The zero-order chi connectivity index (χ0) is 13.1. The molecule has 0 radical (unpaired) electrons. The highest BCUT2D eigenvalue weighted by Crippen LogP contribution is 2.32. The molecular weight excluding hydrogens is 210 g/mol. The average Bonchev–Trinajstić information content (AvgIpc) is 2.21. The van der Waals surface area contributed by atoms with Crippen molar-refractivity contribution < 1.29 is 0 Å². The number of hydrogen-bond acceptors (Lipinski definition) is 3. The molecule has 0 saturated heterocycles. The third kappa shape index (κ3) is 3.70. The molecule has 0 saturated carbocycles. The lowest BCUT2D eigenvalue weighted by atomic mass is 9.79. The molecule has 0 spiro atoms. The fourth-order valence-corrected chi connectivity index (χ4v) is 2.42. The lowest BCUT2D eigenvalue weighted by Gasteiger charge is -2.30. The third-order valence-electron chi connectivity index (χ3n) is 3.15. The highest BCUT2D eigenvalue weighted by atomic mass is 14.9. The van der Waals surface area contributed by atoms with Crippen LogP contribution < -0.4 is 11.1 Å². The van der Waals surface area contributed by atoms with Gasteiger partial charge in [0.2, 0.25) is 0 Å². The molecular formula is C14H25N3. The molecule has 1 aromatic heterocycles. The van der Waals surface area contributed by atoms with Crippen LogP contribution in [0.3, 0.4) is 0 Å². The van der Waals surface area contributed by atoms with E-state index in [1.807, 2.05) is 6.20 Å². The van der Waals surface area contributed by atoms with E-state index in [1.165, 1.54) is 5.56 Å². The van der Waals surface area contributed by atoms with Gasteiger partial charge in [0.1, 0.15) is 5.82 Å². The Hall–Kier alpha value is -1.09. The van der Waals surface area contributed by atoms with E-state index in [-0.39, 0.29) is 5.41 Å². The largest absolute Gasteiger partial charge is 0.383 e. The zero-order valence-electron chi connectivity index (χ0n) is 11.7. The van der Waals surface area contributed by atoms with Crippen molar-refractivity contribution in [3.63, 3.8) is 0 Å². The topological polar surface area (TPSA) is 50.9 Å². The van der Waals surface area contributed by atoms with Gasteiger partial charge in [0, 0.05) is 17.8 Å². The first-order valence-corrected chi connectivity index (χ1v) is 6.32. The lowest BCUT2D eigenvalue weighted by Crippen LogP contribution is -2.33. The highest BCUT2D eigenvalue weighted by molar-refractivity contribution is 5.45. The fourth-order valence-electron chi connectivity index (χ4n) is 2.42. The first-order valence-electron chi connectivity index (χ1n) is 6.32. The molecule has 0 amide bonds. The summed E-state index contributed by atoms with van der Waals surface area (Å²) in [4.78, 5) is 4.26. The highest BCUT2D eigenvalue weighted by Gasteiger charge is 2.25. The van der Waals surface area contributed by atoms with Crippen molar-refractivity contribution in [1.29, 1.82) is 0 Å². The molecule has 0 fully saturated rings. The van der Waals surface area contributed by atoms with Gasteiger partial charge in [0.15, 0.2) is 0 Å². The van der Waals surface area contributed by atoms with Crippen molar-refractivity contribution in [2.75, 3.05) is 12.3 Å². The van der Waals surface area contributed by atoms with Crippen molar-refractivity contribution in [2.24, 2.45) is 0 Å². The number of nitrogens with two attached hydrogens (primary N) is 1. The molecule has 1 rings (SSSR count). The second kappa shape index (κ2) is 5.50. The standard InChI is InChI=1S/C14H25N3/c1-6-16-11(3)8-14(4,5)12-7-10(2)9-17-13(12)15/h7,9,11,16H,6,8H2,1-5H3,(H2,15,17). The SMILES string of the molecule is CCNC(C)CC(C)(C)c1cc(C)cnc1N. The molecule has 3 nitrogen and oxygen atoms in total. The number of anilines is 1. The number of hydrogen-bond donors (Lipinski definition) is 2. The number of pyridine rings is 1. The Balaban J connectivity index is 2.91. The van der Waals surface area contributed by atoms with Crippen LogP contribution in [0.4, 0.5) is 5.82 Å². The van der Waals surface area contributed by atoms with Gasteiger partial charge in [-0.05, 0) is 37.8 Å². The molecule has 17 heavy (non-hydrogen) atoms. The van der Waals surface area contributed by atoms with E-state index in [4.69, 9.17) is 5.73 Å². The second-order valence-corrected chi connectivity index (χ2v) is 5.49. The molecule has 1 unspecified atom stereocenters. The normalized spacial score (nSPS) is 13.7. The van der Waals surface area contributed by atoms with Crippen LogP contribution in [0.25, 0.3) is 0 Å². The van der Waals surface area contributed by atoms with Gasteiger partial charge < -0.3 is 11.1 Å². The summed E-state index contributed by atoms with van der Waals surface area (Å²) in [6.07, 6.45) is 2.87. The van der Waals surface area contributed by atoms with Crippen molar-refractivity contribution in [1.82, 2.24) is 10.3 Å². The van der Waals surface area contributed by atoms with Crippen LogP contribution >= 0.6 is 0 Å². The lowest BCUT2D eigenvalue weighted by molar-refractivity contribution is 0.394. The number of aryl methyl sites for hydroxylation is 1. The van der Waals surface area contributed by atoms with Crippen LogP contribution in [0.1, 0.15) is 45.2 Å². The molecule has 1 atom stereocenters. The third-order valence-corrected chi connectivity index (χ3v) is 3.15. The number of nitrogen functional groups attached to an aromatic ring is 1. The minimum atomic E-state index is 0.0463. The summed E-state index contributed by atoms with van der Waals surface area (Å²) in [5, 5.41) is 3.44. The quantitative estimate of drug-likeness (QED) is 0.825. The van der Waals surface area contributed by atoms with Crippen LogP contribution in [0.5, 0.6) is 0 Å². The molecule has 96 valence electrons. The molecule has 3 N–H and O–H groups in total. The van der Waals surface area contributed by atoms with Crippen LogP contribution in [0.2, 0.25) is 0 Å². The number of nitrogens with zero attached hydrogens (tertiary/aromatic N) is 1. The minimum Gasteiger partial charge on any atom is -0.383 e. The van der Waals surface area contributed by atoms with Crippen molar-refractivity contribution in [2.45, 2.75) is 52.5 Å². The molecule has 0 aliphatic carbocycles. The predicted molar refractivity (Wildman–Crippen MR) is 74.2 cm³/mol. The van der Waals surface area contributed by atoms with Crippen molar-refractivity contribution in [3.8, 4) is 0 Å². The van der Waals surface area contributed by atoms with Gasteiger partial charge in [-0.25, -0.2) is 4.98 Å². The predicted octanol–water partition coefficient (Wildman–Crippen LogP) is 2.64. The first-order chi connectivity index (χ1) is 7.86. The maximum Gasteiger partial charge on any atom is 0.127 e. The Kier molecular flexibility index (Phi) is 4.52. The first kappa shape index (κ1) is 14.0. The van der Waals surface area contributed by atoms with Crippen LogP contribution in [0.15, 0.2) is 12.3 Å². The van der Waals surface area contributed by atoms with Gasteiger partial charge >= 0.3 is 0 Å². The summed E-state index contributed by atoms with van der Waals surface area (Å²) in [7, 11) is 0. The molecule has 0 aliphatic rings. The van der Waals surface area contributed by atoms with E-state index >= 15 is 0 Å². The monoisotopic (exact) mass is 235 g/mol. The maximum absolute atomic E-state index is 5.99. The molecule has 0 bridgehead atoms. The van der Waals surface area contributed by atoms with Crippen molar-refractivity contribution in [3.05, 3.63) is 23.4 Å². The van der Waals surface area contributed by atoms with E-state index in [9.17, 15) is 0 Å². The van der Waals surface area contributed by atoms with E-state index in [1.54, 1.807) is 0 Å². The maximum atomic E-state index is 5.99. The Morgan fingerprint density at radius 2 is 2.12 bits per heavy atom. The van der Waals surface area contributed by atoms with Gasteiger partial charge in [0.05, 0.1) is 0 Å². The Bertz CT molecular complexity index is 372. The van der Waals surface area contributed by atoms with Crippen LogP contribution in [-0.4, -0.2) is 17.6 Å². The average molecular weight is 235 g/mol. The van der Waals surface area contributed by atoms with E-state index < -0.39 is 0 Å².